The van der Waals surface area contributed by atoms with E-state index in [1.54, 1.807) is 6.26 Å². The first-order chi connectivity index (χ1) is 14.3. The van der Waals surface area contributed by atoms with Gasteiger partial charge in [-0.15, -0.1) is 0 Å². The number of urea groups is 1. The minimum Gasteiger partial charge on any atom is -0.467 e. The third kappa shape index (κ3) is 5.19. The number of hydrogen-bond acceptors (Lipinski definition) is 3. The lowest BCUT2D eigenvalue weighted by Gasteiger charge is -2.35. The van der Waals surface area contributed by atoms with Gasteiger partial charge in [-0.1, -0.05) is 48.5 Å². The molecule has 1 saturated heterocycles. The molecule has 1 fully saturated rings. The zero-order chi connectivity index (χ0) is 19.9. The van der Waals surface area contributed by atoms with Gasteiger partial charge in [-0.25, -0.2) is 4.79 Å². The van der Waals surface area contributed by atoms with Gasteiger partial charge >= 0.3 is 6.03 Å². The molecule has 0 unspecified atom stereocenters. The fourth-order valence-corrected chi connectivity index (χ4v) is 3.78. The monoisotopic (exact) mass is 389 g/mol. The highest BCUT2D eigenvalue weighted by molar-refractivity contribution is 5.74. The molecule has 3 aromatic rings. The van der Waals surface area contributed by atoms with E-state index >= 15 is 0 Å². The second-order valence-electron chi connectivity index (χ2n) is 7.47. The van der Waals surface area contributed by atoms with E-state index < -0.39 is 0 Å². The Kier molecular flexibility index (Phi) is 6.15. The van der Waals surface area contributed by atoms with E-state index in [0.29, 0.717) is 13.1 Å². The Hall–Kier alpha value is -3.21. The number of nitrogens with zero attached hydrogens (tertiary/aromatic N) is 2. The van der Waals surface area contributed by atoms with Crippen molar-refractivity contribution in [3.8, 4) is 0 Å². The van der Waals surface area contributed by atoms with Crippen molar-refractivity contribution in [2.75, 3.05) is 18.0 Å². The van der Waals surface area contributed by atoms with E-state index in [-0.39, 0.29) is 12.1 Å². The number of amides is 2. The van der Waals surface area contributed by atoms with Crippen LogP contribution in [0.2, 0.25) is 0 Å². The van der Waals surface area contributed by atoms with Crippen LogP contribution >= 0.6 is 0 Å². The highest BCUT2D eigenvalue weighted by atomic mass is 16.3. The molecule has 5 heteroatoms. The molecule has 1 aliphatic heterocycles. The lowest BCUT2D eigenvalue weighted by Crippen LogP contribution is -2.49. The molecule has 2 heterocycles. The van der Waals surface area contributed by atoms with E-state index in [1.807, 2.05) is 53.4 Å². The number of para-hydroxylation sites is 1. The van der Waals surface area contributed by atoms with Crippen molar-refractivity contribution in [2.24, 2.45) is 0 Å². The summed E-state index contributed by atoms with van der Waals surface area (Å²) in [5.41, 5.74) is 2.36. The number of carbonyl (C=O) groups is 1. The summed E-state index contributed by atoms with van der Waals surface area (Å²) in [4.78, 5) is 17.3. The number of furan rings is 1. The standard InChI is InChI=1S/C24H27N3O2/c28-24(25-21-13-15-26(16-14-21)22-10-5-2-6-11-22)27(19-23-12-7-17-29-23)18-20-8-3-1-4-9-20/h1-12,17,21H,13-16,18-19H2,(H,25,28). The van der Waals surface area contributed by atoms with Crippen molar-refractivity contribution in [1.29, 1.82) is 0 Å². The fraction of sp³-hybridized carbons (Fsp3) is 0.292. The molecule has 2 aromatic carbocycles. The molecule has 0 saturated carbocycles. The number of rotatable bonds is 6. The fourth-order valence-electron chi connectivity index (χ4n) is 3.78. The smallest absolute Gasteiger partial charge is 0.318 e. The molecule has 4 rings (SSSR count). The molecule has 0 bridgehead atoms. The zero-order valence-electron chi connectivity index (χ0n) is 16.5. The van der Waals surface area contributed by atoms with Gasteiger partial charge in [-0.2, -0.15) is 0 Å². The molecule has 1 aliphatic rings. The van der Waals surface area contributed by atoms with Crippen molar-refractivity contribution in [3.05, 3.63) is 90.4 Å². The van der Waals surface area contributed by atoms with E-state index in [1.165, 1.54) is 5.69 Å². The normalized spacial score (nSPS) is 14.6. The minimum absolute atomic E-state index is 0.0385. The summed E-state index contributed by atoms with van der Waals surface area (Å²) in [6.07, 6.45) is 3.54. The quantitative estimate of drug-likeness (QED) is 0.667. The summed E-state index contributed by atoms with van der Waals surface area (Å²) >= 11 is 0. The third-order valence-corrected chi connectivity index (χ3v) is 5.37. The SMILES string of the molecule is O=C(NC1CCN(c2ccccc2)CC1)N(Cc1ccccc1)Cc1ccco1. The number of benzene rings is 2. The van der Waals surface area contributed by atoms with Gasteiger partial charge in [0, 0.05) is 31.4 Å². The Morgan fingerprint density at radius 3 is 2.28 bits per heavy atom. The van der Waals surface area contributed by atoms with E-state index in [4.69, 9.17) is 4.42 Å². The van der Waals surface area contributed by atoms with Crippen molar-refractivity contribution in [3.63, 3.8) is 0 Å². The van der Waals surface area contributed by atoms with Crippen molar-refractivity contribution in [2.45, 2.75) is 32.0 Å². The van der Waals surface area contributed by atoms with Crippen LogP contribution in [0.1, 0.15) is 24.2 Å². The molecule has 0 atom stereocenters. The van der Waals surface area contributed by atoms with Crippen LogP contribution < -0.4 is 10.2 Å². The summed E-state index contributed by atoms with van der Waals surface area (Å²) in [7, 11) is 0. The van der Waals surface area contributed by atoms with Crippen LogP contribution in [0, 0.1) is 0 Å². The minimum atomic E-state index is -0.0385. The van der Waals surface area contributed by atoms with Crippen LogP contribution in [0.4, 0.5) is 10.5 Å². The van der Waals surface area contributed by atoms with Crippen LogP contribution in [-0.4, -0.2) is 30.1 Å². The Bertz CT molecular complexity index is 873. The van der Waals surface area contributed by atoms with Gasteiger partial charge in [0.15, 0.2) is 0 Å². The largest absolute Gasteiger partial charge is 0.467 e. The van der Waals surface area contributed by atoms with Gasteiger partial charge in [0.2, 0.25) is 0 Å². The Morgan fingerprint density at radius 2 is 1.62 bits per heavy atom. The average molecular weight is 389 g/mol. The zero-order valence-corrected chi connectivity index (χ0v) is 16.5. The predicted octanol–water partition coefficient (Wildman–Crippen LogP) is 4.66. The van der Waals surface area contributed by atoms with Crippen LogP contribution in [0.15, 0.2) is 83.5 Å². The molecule has 0 radical (unpaired) electrons. The third-order valence-electron chi connectivity index (χ3n) is 5.37. The van der Waals surface area contributed by atoms with Crippen LogP contribution in [0.3, 0.4) is 0 Å². The summed E-state index contributed by atoms with van der Waals surface area (Å²) in [6.45, 7) is 2.91. The molecule has 5 nitrogen and oxygen atoms in total. The molecular weight excluding hydrogens is 362 g/mol. The molecule has 0 aliphatic carbocycles. The molecular formula is C24H27N3O2. The summed E-state index contributed by atoms with van der Waals surface area (Å²) < 4.78 is 5.48. The first-order valence-corrected chi connectivity index (χ1v) is 10.2. The maximum atomic E-state index is 13.1. The van der Waals surface area contributed by atoms with Gasteiger partial charge in [0.1, 0.15) is 5.76 Å². The number of carbonyl (C=O) groups excluding carboxylic acids is 1. The van der Waals surface area contributed by atoms with Crippen molar-refractivity contribution >= 4 is 11.7 Å². The molecule has 0 spiro atoms. The number of anilines is 1. The number of piperidine rings is 1. The average Bonchev–Trinajstić information content (AvgIpc) is 3.28. The van der Waals surface area contributed by atoms with Crippen molar-refractivity contribution in [1.82, 2.24) is 10.2 Å². The second kappa shape index (κ2) is 9.32. The Balaban J connectivity index is 1.36. The van der Waals surface area contributed by atoms with E-state index in [2.05, 4.69) is 34.5 Å². The lowest BCUT2D eigenvalue weighted by atomic mass is 10.0. The van der Waals surface area contributed by atoms with Gasteiger partial charge in [0.25, 0.3) is 0 Å². The predicted molar refractivity (Wildman–Crippen MR) is 115 cm³/mol. The summed E-state index contributed by atoms with van der Waals surface area (Å²) in [6, 6.07) is 24.4. The summed E-state index contributed by atoms with van der Waals surface area (Å²) in [5, 5.41) is 3.24. The Morgan fingerprint density at radius 1 is 0.931 bits per heavy atom. The molecule has 2 amide bonds. The molecule has 150 valence electrons. The van der Waals surface area contributed by atoms with Gasteiger partial charge < -0.3 is 19.5 Å². The highest BCUT2D eigenvalue weighted by Gasteiger charge is 2.24. The first-order valence-electron chi connectivity index (χ1n) is 10.2. The molecule has 1 N–H and O–H groups in total. The van der Waals surface area contributed by atoms with Crippen LogP contribution in [0.5, 0.6) is 0 Å². The first kappa shape index (κ1) is 19.1. The van der Waals surface area contributed by atoms with E-state index in [9.17, 15) is 4.79 Å². The highest BCUT2D eigenvalue weighted by Crippen LogP contribution is 2.20. The van der Waals surface area contributed by atoms with Gasteiger partial charge in [-0.05, 0) is 42.7 Å². The molecule has 29 heavy (non-hydrogen) atoms. The van der Waals surface area contributed by atoms with E-state index in [0.717, 1.165) is 37.3 Å². The second-order valence-corrected chi connectivity index (χ2v) is 7.47. The van der Waals surface area contributed by atoms with Gasteiger partial charge in [0.05, 0.1) is 12.8 Å². The number of nitrogens with one attached hydrogen (secondary N) is 1. The maximum Gasteiger partial charge on any atom is 0.318 e. The Labute approximate surface area is 171 Å². The lowest BCUT2D eigenvalue weighted by molar-refractivity contribution is 0.181. The molecule has 1 aromatic heterocycles. The maximum absolute atomic E-state index is 13.1. The van der Waals surface area contributed by atoms with Crippen LogP contribution in [-0.2, 0) is 13.1 Å². The number of hydrogen-bond donors (Lipinski definition) is 1. The van der Waals surface area contributed by atoms with Crippen LogP contribution in [0.25, 0.3) is 0 Å². The van der Waals surface area contributed by atoms with Gasteiger partial charge in [-0.3, -0.25) is 0 Å². The summed E-state index contributed by atoms with van der Waals surface area (Å²) in [5.74, 6) is 0.787. The topological polar surface area (TPSA) is 48.7 Å². The van der Waals surface area contributed by atoms with Crippen molar-refractivity contribution < 1.29 is 9.21 Å².